The summed E-state index contributed by atoms with van der Waals surface area (Å²) in [7, 11) is 0. The van der Waals surface area contributed by atoms with E-state index in [-0.39, 0.29) is 0 Å². The number of pyridine rings is 1. The van der Waals surface area contributed by atoms with Gasteiger partial charge in [0.2, 0.25) is 0 Å². The molecule has 2 aromatic rings. The number of hydrogen-bond donors (Lipinski definition) is 3. The molecule has 0 aliphatic heterocycles. The summed E-state index contributed by atoms with van der Waals surface area (Å²) in [6, 6.07) is 2.51. The van der Waals surface area contributed by atoms with Gasteiger partial charge >= 0.3 is 0 Å². The van der Waals surface area contributed by atoms with Crippen molar-refractivity contribution in [2.75, 3.05) is 11.9 Å². The molecule has 1 aliphatic rings. The van der Waals surface area contributed by atoms with E-state index in [2.05, 4.69) is 81.8 Å². The van der Waals surface area contributed by atoms with E-state index in [1.54, 1.807) is 6.08 Å². The van der Waals surface area contributed by atoms with Crippen LogP contribution in [0, 0.1) is 18.3 Å². The highest BCUT2D eigenvalue weighted by Gasteiger charge is 2.24. The van der Waals surface area contributed by atoms with Gasteiger partial charge in [-0.3, -0.25) is 0 Å². The number of anilines is 1. The van der Waals surface area contributed by atoms with Crippen molar-refractivity contribution in [1.29, 1.82) is 5.41 Å². The maximum Gasteiger partial charge on any atom is 0.0942 e. The second kappa shape index (κ2) is 12.1. The molecule has 0 amide bonds. The van der Waals surface area contributed by atoms with Gasteiger partial charge in [0.1, 0.15) is 0 Å². The second-order valence-electron chi connectivity index (χ2n) is 9.82. The monoisotopic (exact) mass is 473 g/mol. The molecule has 2 heterocycles. The molecule has 4 N–H and O–H groups in total. The molecule has 5 heteroatoms. The summed E-state index contributed by atoms with van der Waals surface area (Å²) in [4.78, 5) is 5.30. The molecule has 0 aromatic carbocycles. The van der Waals surface area contributed by atoms with Gasteiger partial charge in [-0.15, -0.1) is 0 Å². The Labute approximate surface area is 211 Å². The zero-order chi connectivity index (χ0) is 25.5. The third-order valence-electron chi connectivity index (χ3n) is 7.11. The quantitative estimate of drug-likeness (QED) is 0.234. The van der Waals surface area contributed by atoms with Crippen molar-refractivity contribution in [3.63, 3.8) is 0 Å². The number of nitrogens with two attached hydrogens (primary N) is 1. The Kier molecular flexibility index (Phi) is 9.13. The zero-order valence-corrected chi connectivity index (χ0v) is 22.4. The van der Waals surface area contributed by atoms with Crippen LogP contribution in [0.1, 0.15) is 83.3 Å². The minimum absolute atomic E-state index is 0.314. The van der Waals surface area contributed by atoms with E-state index in [4.69, 9.17) is 16.1 Å². The number of aromatic nitrogens is 2. The Hall–Kier alpha value is -3.08. The van der Waals surface area contributed by atoms with Crippen LogP contribution in [0.3, 0.4) is 0 Å². The summed E-state index contributed by atoms with van der Waals surface area (Å²) in [5, 5.41) is 10.9. The molecule has 0 unspecified atom stereocenters. The van der Waals surface area contributed by atoms with Gasteiger partial charge in [-0.05, 0) is 82.6 Å². The molecule has 1 saturated carbocycles. The SMILES string of the molecule is CC/C=C/C=C\C(=C(/C)C1CCC1)c1cc(NCC(N)=CC=N)c2c(n1)c(C)c(CC)n2C(C)C. The van der Waals surface area contributed by atoms with Crippen LogP contribution in [0.2, 0.25) is 0 Å². The fourth-order valence-corrected chi connectivity index (χ4v) is 4.98. The third kappa shape index (κ3) is 5.77. The van der Waals surface area contributed by atoms with Gasteiger partial charge in [0, 0.05) is 23.6 Å². The van der Waals surface area contributed by atoms with E-state index >= 15 is 0 Å². The maximum atomic E-state index is 7.35. The smallest absolute Gasteiger partial charge is 0.0942 e. The number of nitrogens with zero attached hydrogens (tertiary/aromatic N) is 2. The Morgan fingerprint density at radius 2 is 2.03 bits per heavy atom. The molecular weight excluding hydrogens is 430 g/mol. The maximum absolute atomic E-state index is 7.35. The molecule has 0 radical (unpaired) electrons. The first kappa shape index (κ1) is 26.5. The van der Waals surface area contributed by atoms with Crippen LogP contribution < -0.4 is 11.1 Å². The Bertz CT molecular complexity index is 1170. The predicted molar refractivity (Wildman–Crippen MR) is 152 cm³/mol. The highest BCUT2D eigenvalue weighted by atomic mass is 15.1. The topological polar surface area (TPSA) is 79.7 Å². The third-order valence-corrected chi connectivity index (χ3v) is 7.11. The van der Waals surface area contributed by atoms with E-state index in [9.17, 15) is 0 Å². The number of aryl methyl sites for hydroxylation is 1. The summed E-state index contributed by atoms with van der Waals surface area (Å²) in [6.07, 6.45) is 17.4. The Morgan fingerprint density at radius 3 is 2.60 bits per heavy atom. The van der Waals surface area contributed by atoms with E-state index in [1.807, 2.05) is 0 Å². The molecule has 0 spiro atoms. The first-order valence-corrected chi connectivity index (χ1v) is 13.1. The average Bonchev–Trinajstić information content (AvgIpc) is 3.08. The Morgan fingerprint density at radius 1 is 1.29 bits per heavy atom. The average molecular weight is 474 g/mol. The van der Waals surface area contributed by atoms with Crippen LogP contribution in [-0.4, -0.2) is 22.3 Å². The van der Waals surface area contributed by atoms with Gasteiger partial charge in [-0.25, -0.2) is 4.98 Å². The standard InChI is InChI=1S/C30H43N5/c1-7-9-10-11-15-25(21(5)23-13-12-14-23)26-18-27(33-19-24(32)16-17-31)30-29(34-26)22(6)28(8-2)35(30)20(3)4/h9-11,15-18,20,23,31H,7-8,12-14,19,32H2,1-6H3,(H,33,34)/b10-9+,15-11-,24-16?,25-21-,31-17?. The van der Waals surface area contributed by atoms with Crippen molar-refractivity contribution in [3.8, 4) is 0 Å². The van der Waals surface area contributed by atoms with Crippen LogP contribution in [0.25, 0.3) is 16.6 Å². The van der Waals surface area contributed by atoms with Crippen LogP contribution in [0.15, 0.2) is 47.7 Å². The van der Waals surface area contributed by atoms with Crippen molar-refractivity contribution in [1.82, 2.24) is 9.55 Å². The van der Waals surface area contributed by atoms with Crippen molar-refractivity contribution < 1.29 is 0 Å². The van der Waals surface area contributed by atoms with Gasteiger partial charge in [0.05, 0.1) is 29.0 Å². The van der Waals surface area contributed by atoms with Crippen molar-refractivity contribution in [2.45, 2.75) is 79.7 Å². The number of nitrogens with one attached hydrogen (secondary N) is 2. The van der Waals surface area contributed by atoms with E-state index in [0.29, 0.717) is 24.2 Å². The summed E-state index contributed by atoms with van der Waals surface area (Å²) in [5.41, 5.74) is 16.2. The summed E-state index contributed by atoms with van der Waals surface area (Å²) in [6.45, 7) is 13.8. The summed E-state index contributed by atoms with van der Waals surface area (Å²) in [5.74, 6) is 0.637. The molecule has 1 fully saturated rings. The van der Waals surface area contributed by atoms with Gasteiger partial charge < -0.3 is 21.0 Å². The lowest BCUT2D eigenvalue weighted by Crippen LogP contribution is -2.15. The molecule has 35 heavy (non-hydrogen) atoms. The minimum atomic E-state index is 0.314. The molecule has 3 rings (SSSR count). The van der Waals surface area contributed by atoms with E-state index in [0.717, 1.165) is 35.3 Å². The lowest BCUT2D eigenvalue weighted by Gasteiger charge is -2.28. The largest absolute Gasteiger partial charge is 0.401 e. The number of hydrogen-bond acceptors (Lipinski definition) is 4. The highest BCUT2D eigenvalue weighted by Crippen LogP contribution is 2.40. The number of allylic oxidation sites excluding steroid dienone is 7. The van der Waals surface area contributed by atoms with Gasteiger partial charge in [-0.2, -0.15) is 0 Å². The molecule has 2 aromatic heterocycles. The second-order valence-corrected chi connectivity index (χ2v) is 9.82. The van der Waals surface area contributed by atoms with Crippen molar-refractivity contribution in [2.24, 2.45) is 11.7 Å². The van der Waals surface area contributed by atoms with Gasteiger partial charge in [0.15, 0.2) is 0 Å². The van der Waals surface area contributed by atoms with Crippen LogP contribution in [0.4, 0.5) is 5.69 Å². The summed E-state index contributed by atoms with van der Waals surface area (Å²) >= 11 is 0. The molecule has 1 aliphatic carbocycles. The minimum Gasteiger partial charge on any atom is -0.401 e. The Balaban J connectivity index is 2.27. The lowest BCUT2D eigenvalue weighted by atomic mass is 9.78. The molecular formula is C30H43N5. The zero-order valence-electron chi connectivity index (χ0n) is 22.4. The van der Waals surface area contributed by atoms with Crippen LogP contribution in [-0.2, 0) is 6.42 Å². The molecule has 0 bridgehead atoms. The van der Waals surface area contributed by atoms with E-state index < -0.39 is 0 Å². The molecule has 188 valence electrons. The number of fused-ring (bicyclic) bond motifs is 1. The fraction of sp³-hybridized carbons (Fsp3) is 0.467. The molecule has 0 atom stereocenters. The van der Waals surface area contributed by atoms with Crippen molar-refractivity contribution in [3.05, 3.63) is 64.7 Å². The highest BCUT2D eigenvalue weighted by molar-refractivity contribution is 5.95. The molecule has 0 saturated heterocycles. The van der Waals surface area contributed by atoms with E-state index in [1.165, 1.54) is 47.9 Å². The molecule has 5 nitrogen and oxygen atoms in total. The van der Waals surface area contributed by atoms with Crippen molar-refractivity contribution >= 4 is 28.5 Å². The van der Waals surface area contributed by atoms with Crippen LogP contribution in [0.5, 0.6) is 0 Å². The lowest BCUT2D eigenvalue weighted by molar-refractivity contribution is 0.369. The fourth-order valence-electron chi connectivity index (χ4n) is 4.98. The van der Waals surface area contributed by atoms with Gasteiger partial charge in [-0.1, -0.05) is 50.1 Å². The number of rotatable bonds is 11. The normalized spacial score (nSPS) is 15.9. The predicted octanol–water partition coefficient (Wildman–Crippen LogP) is 7.49. The first-order valence-electron chi connectivity index (χ1n) is 13.1. The first-order chi connectivity index (χ1) is 16.8. The summed E-state index contributed by atoms with van der Waals surface area (Å²) < 4.78 is 2.42. The van der Waals surface area contributed by atoms with Gasteiger partial charge in [0.25, 0.3) is 0 Å². The van der Waals surface area contributed by atoms with Crippen LogP contribution >= 0.6 is 0 Å².